The van der Waals surface area contributed by atoms with Gasteiger partial charge in [-0.25, -0.2) is 0 Å². The molecule has 4 rings (SSSR count). The molecular weight excluding hydrogens is 388 g/mol. The van der Waals surface area contributed by atoms with Crippen LogP contribution in [0.3, 0.4) is 0 Å². The average Bonchev–Trinajstić information content (AvgIpc) is 3.25. The Kier molecular flexibility index (Phi) is 7.50. The maximum Gasteiger partial charge on any atom is 0.0890 e. The summed E-state index contributed by atoms with van der Waals surface area (Å²) >= 11 is 0. The van der Waals surface area contributed by atoms with Gasteiger partial charge in [-0.2, -0.15) is 0 Å². The Labute approximate surface area is 190 Å². The summed E-state index contributed by atoms with van der Waals surface area (Å²) in [6.07, 6.45) is 11.7. The van der Waals surface area contributed by atoms with Crippen LogP contribution in [0.25, 0.3) is 0 Å². The van der Waals surface area contributed by atoms with Gasteiger partial charge in [-0.05, 0) is 80.5 Å². The van der Waals surface area contributed by atoms with Crippen LogP contribution in [0.1, 0.15) is 106 Å². The molecule has 5 heteroatoms. The van der Waals surface area contributed by atoms with Crippen molar-refractivity contribution in [3.05, 3.63) is 0 Å². The van der Waals surface area contributed by atoms with Crippen LogP contribution in [0.4, 0.5) is 0 Å². The number of hydrogen-bond acceptors (Lipinski definition) is 5. The molecule has 1 atom stereocenters. The summed E-state index contributed by atoms with van der Waals surface area (Å²) in [6.45, 7) is 15.4. The van der Waals surface area contributed by atoms with Crippen molar-refractivity contribution in [3.8, 4) is 0 Å². The molecule has 2 saturated carbocycles. The van der Waals surface area contributed by atoms with E-state index in [1.54, 1.807) is 0 Å². The SMILES string of the molecule is CC(C)(C)C1CCC2(CC1)CC(=NO)CO2.CC(C)(C)C1CCC2(CC1)CC(N)CO2. The van der Waals surface area contributed by atoms with E-state index >= 15 is 0 Å². The van der Waals surface area contributed by atoms with E-state index in [1.165, 1.54) is 38.5 Å². The van der Waals surface area contributed by atoms with Gasteiger partial charge in [-0.15, -0.1) is 0 Å². The second-order valence-corrected chi connectivity index (χ2v) is 13.1. The van der Waals surface area contributed by atoms with E-state index in [0.29, 0.717) is 17.4 Å². The number of nitrogens with zero attached hydrogens (tertiary/aromatic N) is 1. The topological polar surface area (TPSA) is 77.1 Å². The molecule has 1 unspecified atom stereocenters. The molecular formula is C26H48N2O3. The van der Waals surface area contributed by atoms with Crippen molar-refractivity contribution in [1.29, 1.82) is 0 Å². The number of oxime groups is 1. The van der Waals surface area contributed by atoms with Crippen LogP contribution in [0.2, 0.25) is 0 Å². The zero-order valence-electron chi connectivity index (χ0n) is 21.0. The molecule has 2 aliphatic heterocycles. The van der Waals surface area contributed by atoms with E-state index in [9.17, 15) is 0 Å². The van der Waals surface area contributed by atoms with Crippen LogP contribution in [0.5, 0.6) is 0 Å². The highest BCUT2D eigenvalue weighted by Crippen LogP contribution is 2.47. The first-order valence-corrected chi connectivity index (χ1v) is 12.6. The van der Waals surface area contributed by atoms with Gasteiger partial charge in [0.1, 0.15) is 0 Å². The average molecular weight is 437 g/mol. The Balaban J connectivity index is 0.000000176. The Morgan fingerprint density at radius 2 is 1.32 bits per heavy atom. The first-order valence-electron chi connectivity index (χ1n) is 12.6. The molecule has 0 bridgehead atoms. The number of hydrogen-bond donors (Lipinski definition) is 2. The van der Waals surface area contributed by atoms with Crippen LogP contribution in [-0.2, 0) is 9.47 Å². The van der Waals surface area contributed by atoms with Crippen molar-refractivity contribution in [2.45, 2.75) is 123 Å². The second kappa shape index (κ2) is 9.30. The van der Waals surface area contributed by atoms with Gasteiger partial charge in [0.2, 0.25) is 0 Å². The van der Waals surface area contributed by atoms with Crippen molar-refractivity contribution < 1.29 is 14.7 Å². The number of nitrogens with two attached hydrogens (primary N) is 1. The van der Waals surface area contributed by atoms with Crippen molar-refractivity contribution in [2.75, 3.05) is 13.2 Å². The summed E-state index contributed by atoms with van der Waals surface area (Å²) in [7, 11) is 0. The number of ether oxygens (including phenoxy) is 2. The summed E-state index contributed by atoms with van der Waals surface area (Å²) < 4.78 is 11.8. The molecule has 2 spiro atoms. The Morgan fingerprint density at radius 3 is 1.68 bits per heavy atom. The minimum atomic E-state index is 0.00329. The lowest BCUT2D eigenvalue weighted by atomic mass is 9.68. The second-order valence-electron chi connectivity index (χ2n) is 13.1. The molecule has 2 aliphatic carbocycles. The van der Waals surface area contributed by atoms with Gasteiger partial charge in [-0.1, -0.05) is 46.7 Å². The largest absolute Gasteiger partial charge is 0.411 e. The maximum absolute atomic E-state index is 8.77. The third kappa shape index (κ3) is 6.23. The molecule has 31 heavy (non-hydrogen) atoms. The fourth-order valence-corrected chi connectivity index (χ4v) is 6.34. The van der Waals surface area contributed by atoms with Crippen molar-refractivity contribution >= 4 is 5.71 Å². The zero-order chi connectivity index (χ0) is 22.9. The van der Waals surface area contributed by atoms with Crippen LogP contribution in [0.15, 0.2) is 5.16 Å². The summed E-state index contributed by atoms with van der Waals surface area (Å²) in [5.41, 5.74) is 7.79. The predicted octanol–water partition coefficient (Wildman–Crippen LogP) is 5.92. The van der Waals surface area contributed by atoms with Crippen LogP contribution < -0.4 is 5.73 Å². The quantitative estimate of drug-likeness (QED) is 0.365. The lowest BCUT2D eigenvalue weighted by molar-refractivity contribution is -0.0465. The first-order chi connectivity index (χ1) is 14.4. The van der Waals surface area contributed by atoms with Crippen molar-refractivity contribution in [1.82, 2.24) is 0 Å². The van der Waals surface area contributed by atoms with Gasteiger partial charge in [0.05, 0.1) is 30.1 Å². The smallest absolute Gasteiger partial charge is 0.0890 e. The normalized spacial score (nSPS) is 40.4. The maximum atomic E-state index is 8.77. The van der Waals surface area contributed by atoms with Crippen LogP contribution in [-0.4, -0.2) is 41.4 Å². The third-order valence-electron chi connectivity index (χ3n) is 8.69. The third-order valence-corrected chi connectivity index (χ3v) is 8.69. The highest BCUT2D eigenvalue weighted by atomic mass is 16.5. The lowest BCUT2D eigenvalue weighted by Gasteiger charge is -2.41. The van der Waals surface area contributed by atoms with Gasteiger partial charge in [-0.3, -0.25) is 0 Å². The molecule has 0 radical (unpaired) electrons. The molecule has 5 nitrogen and oxygen atoms in total. The molecule has 0 amide bonds. The molecule has 4 aliphatic rings. The Morgan fingerprint density at radius 1 is 0.839 bits per heavy atom. The zero-order valence-corrected chi connectivity index (χ0v) is 21.0. The first kappa shape index (κ1) is 25.0. The molecule has 2 heterocycles. The van der Waals surface area contributed by atoms with E-state index < -0.39 is 0 Å². The highest BCUT2D eigenvalue weighted by molar-refractivity contribution is 5.87. The summed E-state index contributed by atoms with van der Waals surface area (Å²) in [5, 5.41) is 12.1. The van der Waals surface area contributed by atoms with E-state index in [-0.39, 0.29) is 17.2 Å². The molecule has 4 fully saturated rings. The van der Waals surface area contributed by atoms with Gasteiger partial charge >= 0.3 is 0 Å². The van der Waals surface area contributed by atoms with Gasteiger partial charge in [0.15, 0.2) is 0 Å². The minimum absolute atomic E-state index is 0.00329. The van der Waals surface area contributed by atoms with E-state index in [0.717, 1.165) is 49.8 Å². The fraction of sp³-hybridized carbons (Fsp3) is 0.962. The molecule has 0 aromatic carbocycles. The molecule has 2 saturated heterocycles. The molecule has 0 aromatic rings. The minimum Gasteiger partial charge on any atom is -0.411 e. The van der Waals surface area contributed by atoms with Gasteiger partial charge in [0, 0.05) is 12.5 Å². The fourth-order valence-electron chi connectivity index (χ4n) is 6.34. The van der Waals surface area contributed by atoms with Crippen LogP contribution >= 0.6 is 0 Å². The predicted molar refractivity (Wildman–Crippen MR) is 127 cm³/mol. The van der Waals surface area contributed by atoms with Gasteiger partial charge < -0.3 is 20.4 Å². The van der Waals surface area contributed by atoms with Crippen LogP contribution in [0, 0.1) is 22.7 Å². The van der Waals surface area contributed by atoms with Crippen molar-refractivity contribution in [2.24, 2.45) is 33.6 Å². The molecule has 0 aromatic heterocycles. The standard InChI is InChI=1S/C13H23NO2.C13H25NO/c1-12(2,3)10-4-6-13(7-5-10)8-11(14-15)9-16-13;1-12(2,3)10-4-6-13(7-5-10)8-11(14)9-15-13/h10,15H,4-9H2,1-3H3;10-11H,4-9,14H2,1-3H3. The summed E-state index contributed by atoms with van der Waals surface area (Å²) in [4.78, 5) is 0. The van der Waals surface area contributed by atoms with E-state index in [1.807, 2.05) is 0 Å². The van der Waals surface area contributed by atoms with E-state index in [4.69, 9.17) is 20.4 Å². The monoisotopic (exact) mass is 436 g/mol. The molecule has 180 valence electrons. The van der Waals surface area contributed by atoms with E-state index in [2.05, 4.69) is 46.7 Å². The summed E-state index contributed by atoms with van der Waals surface area (Å²) in [5.74, 6) is 1.67. The summed E-state index contributed by atoms with van der Waals surface area (Å²) in [6, 6.07) is 0.288. The Hall–Kier alpha value is -0.650. The highest BCUT2D eigenvalue weighted by Gasteiger charge is 2.44. The lowest BCUT2D eigenvalue weighted by Crippen LogP contribution is -2.37. The van der Waals surface area contributed by atoms with Gasteiger partial charge in [0.25, 0.3) is 0 Å². The van der Waals surface area contributed by atoms with Crippen molar-refractivity contribution in [3.63, 3.8) is 0 Å². The number of rotatable bonds is 0. The molecule has 3 N–H and O–H groups in total. The Bertz CT molecular complexity index is 616.